The molecule has 15 heavy (non-hydrogen) atoms. The highest BCUT2D eigenvalue weighted by Gasteiger charge is 2.12. The Bertz CT molecular complexity index is 426. The van der Waals surface area contributed by atoms with Gasteiger partial charge in [-0.25, -0.2) is 18.1 Å². The zero-order valence-corrected chi connectivity index (χ0v) is 9.55. The quantitative estimate of drug-likeness (QED) is 0.809. The van der Waals surface area contributed by atoms with Crippen LogP contribution in [0.5, 0.6) is 0 Å². The van der Waals surface area contributed by atoms with Crippen molar-refractivity contribution < 1.29 is 8.42 Å². The van der Waals surface area contributed by atoms with E-state index in [0.29, 0.717) is 6.54 Å². The lowest BCUT2D eigenvalue weighted by molar-refractivity contribution is 0.522. The van der Waals surface area contributed by atoms with Gasteiger partial charge in [0.2, 0.25) is 10.0 Å². The van der Waals surface area contributed by atoms with Gasteiger partial charge in [0.1, 0.15) is 5.82 Å². The molecule has 0 amide bonds. The Morgan fingerprint density at radius 1 is 1.53 bits per heavy atom. The first-order valence-corrected chi connectivity index (χ1v) is 6.93. The standard InChI is InChI=1S/C9H15N3O2S/c1-15(13,14)10-6-8-7-12-5-3-2-4-9(12)11-8/h7,10H,2-6H2,1H3. The second-order valence-electron chi connectivity index (χ2n) is 3.89. The average Bonchev–Trinajstić information content (AvgIpc) is 2.56. The molecule has 0 radical (unpaired) electrons. The molecule has 84 valence electrons. The SMILES string of the molecule is CS(=O)(=O)NCc1cn2c(n1)CCCC2. The second kappa shape index (κ2) is 3.94. The van der Waals surface area contributed by atoms with Gasteiger partial charge in [-0.15, -0.1) is 0 Å². The van der Waals surface area contributed by atoms with E-state index in [0.717, 1.165) is 30.7 Å². The summed E-state index contributed by atoms with van der Waals surface area (Å²) in [6, 6.07) is 0. The van der Waals surface area contributed by atoms with Crippen molar-refractivity contribution in [2.75, 3.05) is 6.26 Å². The molecular formula is C9H15N3O2S. The maximum absolute atomic E-state index is 10.9. The third-order valence-corrected chi connectivity index (χ3v) is 3.14. The van der Waals surface area contributed by atoms with Gasteiger partial charge in [-0.1, -0.05) is 0 Å². The monoisotopic (exact) mass is 229 g/mol. The smallest absolute Gasteiger partial charge is 0.209 e. The maximum Gasteiger partial charge on any atom is 0.209 e. The normalized spacial score (nSPS) is 16.3. The number of aromatic nitrogens is 2. The van der Waals surface area contributed by atoms with Gasteiger partial charge < -0.3 is 4.57 Å². The zero-order valence-electron chi connectivity index (χ0n) is 8.73. The Kier molecular flexibility index (Phi) is 2.79. The van der Waals surface area contributed by atoms with Gasteiger partial charge in [0.15, 0.2) is 0 Å². The van der Waals surface area contributed by atoms with E-state index in [-0.39, 0.29) is 0 Å². The number of hydrogen-bond acceptors (Lipinski definition) is 3. The second-order valence-corrected chi connectivity index (χ2v) is 5.73. The van der Waals surface area contributed by atoms with Crippen LogP contribution in [0.15, 0.2) is 6.20 Å². The van der Waals surface area contributed by atoms with Gasteiger partial charge in [-0.05, 0) is 12.8 Å². The number of imidazole rings is 1. The van der Waals surface area contributed by atoms with Crippen molar-refractivity contribution in [3.63, 3.8) is 0 Å². The van der Waals surface area contributed by atoms with Crippen LogP contribution in [0, 0.1) is 0 Å². The summed E-state index contributed by atoms with van der Waals surface area (Å²) in [5.41, 5.74) is 0.803. The molecule has 0 atom stereocenters. The van der Waals surface area contributed by atoms with E-state index in [9.17, 15) is 8.42 Å². The molecule has 2 rings (SSSR count). The van der Waals surface area contributed by atoms with Crippen LogP contribution in [0.4, 0.5) is 0 Å². The lowest BCUT2D eigenvalue weighted by atomic mass is 10.2. The van der Waals surface area contributed by atoms with Gasteiger partial charge in [0.25, 0.3) is 0 Å². The first-order valence-electron chi connectivity index (χ1n) is 5.04. The van der Waals surface area contributed by atoms with Crippen molar-refractivity contribution in [3.05, 3.63) is 17.7 Å². The van der Waals surface area contributed by atoms with E-state index in [2.05, 4.69) is 14.3 Å². The summed E-state index contributed by atoms with van der Waals surface area (Å²) in [6.45, 7) is 1.29. The van der Waals surface area contributed by atoms with E-state index in [1.54, 1.807) is 0 Å². The van der Waals surface area contributed by atoms with Gasteiger partial charge in [0, 0.05) is 19.2 Å². The summed E-state index contributed by atoms with van der Waals surface area (Å²) in [5, 5.41) is 0. The molecule has 0 unspecified atom stereocenters. The fourth-order valence-corrected chi connectivity index (χ4v) is 2.17. The summed E-state index contributed by atoms with van der Waals surface area (Å²) >= 11 is 0. The zero-order chi connectivity index (χ0) is 10.9. The number of aryl methyl sites for hydroxylation is 2. The van der Waals surface area contributed by atoms with Crippen LogP contribution in [-0.2, 0) is 29.5 Å². The number of nitrogens with zero attached hydrogens (tertiary/aromatic N) is 2. The van der Waals surface area contributed by atoms with Crippen LogP contribution >= 0.6 is 0 Å². The number of fused-ring (bicyclic) bond motifs is 1. The maximum atomic E-state index is 10.9. The van der Waals surface area contributed by atoms with Crippen LogP contribution < -0.4 is 4.72 Å². The molecular weight excluding hydrogens is 214 g/mol. The predicted octanol–water partition coefficient (Wildman–Crippen LogP) is 0.269. The lowest BCUT2D eigenvalue weighted by Gasteiger charge is -2.11. The minimum Gasteiger partial charge on any atom is -0.335 e. The van der Waals surface area contributed by atoms with E-state index >= 15 is 0 Å². The topological polar surface area (TPSA) is 64.0 Å². The summed E-state index contributed by atoms with van der Waals surface area (Å²) < 4.78 is 26.4. The first-order chi connectivity index (χ1) is 7.04. The minimum absolute atomic E-state index is 0.291. The Hall–Kier alpha value is -0.880. The summed E-state index contributed by atoms with van der Waals surface area (Å²) in [5.74, 6) is 1.08. The molecule has 1 aromatic rings. The van der Waals surface area contributed by atoms with Crippen LogP contribution in [-0.4, -0.2) is 24.2 Å². The summed E-state index contributed by atoms with van der Waals surface area (Å²) in [4.78, 5) is 4.39. The molecule has 1 aliphatic rings. The van der Waals surface area contributed by atoms with Gasteiger partial charge in [-0.2, -0.15) is 0 Å². The lowest BCUT2D eigenvalue weighted by Crippen LogP contribution is -2.21. The van der Waals surface area contributed by atoms with Crippen molar-refractivity contribution in [3.8, 4) is 0 Å². The van der Waals surface area contributed by atoms with Crippen molar-refractivity contribution in [2.24, 2.45) is 0 Å². The summed E-state index contributed by atoms with van der Waals surface area (Å²) in [6.07, 6.45) is 6.45. The molecule has 0 saturated carbocycles. The van der Waals surface area contributed by atoms with Crippen LogP contribution in [0.1, 0.15) is 24.4 Å². The molecule has 1 N–H and O–H groups in total. The van der Waals surface area contributed by atoms with Crippen molar-refractivity contribution in [1.82, 2.24) is 14.3 Å². The minimum atomic E-state index is -3.12. The molecule has 0 aromatic carbocycles. The van der Waals surface area contributed by atoms with Crippen LogP contribution in [0.25, 0.3) is 0 Å². The predicted molar refractivity (Wildman–Crippen MR) is 56.8 cm³/mol. The van der Waals surface area contributed by atoms with Crippen LogP contribution in [0.3, 0.4) is 0 Å². The highest BCUT2D eigenvalue weighted by Crippen LogP contribution is 2.14. The van der Waals surface area contributed by atoms with Crippen molar-refractivity contribution in [2.45, 2.75) is 32.4 Å². The third kappa shape index (κ3) is 2.79. The highest BCUT2D eigenvalue weighted by molar-refractivity contribution is 7.88. The van der Waals surface area contributed by atoms with Gasteiger partial charge in [-0.3, -0.25) is 0 Å². The molecule has 5 nitrogen and oxygen atoms in total. The Morgan fingerprint density at radius 2 is 2.33 bits per heavy atom. The molecule has 0 spiro atoms. The van der Waals surface area contributed by atoms with Crippen molar-refractivity contribution in [1.29, 1.82) is 0 Å². The molecule has 1 aromatic heterocycles. The number of rotatable bonds is 3. The molecule has 0 bridgehead atoms. The highest BCUT2D eigenvalue weighted by atomic mass is 32.2. The first kappa shape index (κ1) is 10.6. The number of sulfonamides is 1. The molecule has 6 heteroatoms. The largest absolute Gasteiger partial charge is 0.335 e. The molecule has 1 aliphatic heterocycles. The fraction of sp³-hybridized carbons (Fsp3) is 0.667. The Balaban J connectivity index is 2.07. The third-order valence-electron chi connectivity index (χ3n) is 2.47. The average molecular weight is 229 g/mol. The molecule has 0 aliphatic carbocycles. The number of nitrogens with one attached hydrogen (secondary N) is 1. The molecule has 0 saturated heterocycles. The van der Waals surface area contributed by atoms with Crippen LogP contribution in [0.2, 0.25) is 0 Å². The molecule has 0 fully saturated rings. The van der Waals surface area contributed by atoms with E-state index in [4.69, 9.17) is 0 Å². The van der Waals surface area contributed by atoms with Crippen molar-refractivity contribution >= 4 is 10.0 Å². The molecule has 2 heterocycles. The Morgan fingerprint density at radius 3 is 3.00 bits per heavy atom. The van der Waals surface area contributed by atoms with E-state index in [1.165, 1.54) is 12.8 Å². The fourth-order valence-electron chi connectivity index (χ4n) is 1.76. The van der Waals surface area contributed by atoms with Gasteiger partial charge >= 0.3 is 0 Å². The number of hydrogen-bond donors (Lipinski definition) is 1. The Labute approximate surface area is 89.6 Å². The van der Waals surface area contributed by atoms with E-state index in [1.807, 2.05) is 6.20 Å². The van der Waals surface area contributed by atoms with E-state index < -0.39 is 10.0 Å². The summed E-state index contributed by atoms with van der Waals surface area (Å²) in [7, 11) is -3.12. The van der Waals surface area contributed by atoms with Gasteiger partial charge in [0.05, 0.1) is 18.5 Å².